The van der Waals surface area contributed by atoms with Crippen molar-refractivity contribution in [2.75, 3.05) is 5.32 Å². The molecule has 0 aliphatic carbocycles. The number of hydrogen-bond donors (Lipinski definition) is 3. The summed E-state index contributed by atoms with van der Waals surface area (Å²) in [5.74, 6) is -1.02. The number of aromatic carboxylic acids is 1. The van der Waals surface area contributed by atoms with E-state index in [1.54, 1.807) is 6.07 Å². The van der Waals surface area contributed by atoms with Crippen molar-refractivity contribution in [1.82, 2.24) is 10.3 Å². The van der Waals surface area contributed by atoms with Crippen LogP contribution in [0.5, 0.6) is 0 Å². The summed E-state index contributed by atoms with van der Waals surface area (Å²) in [4.78, 5) is 26.3. The summed E-state index contributed by atoms with van der Waals surface area (Å²) >= 11 is 1.48. The Morgan fingerprint density at radius 1 is 1.37 bits per heavy atom. The van der Waals surface area contributed by atoms with Crippen molar-refractivity contribution < 1.29 is 14.7 Å². The predicted molar refractivity (Wildman–Crippen MR) is 71.4 cm³/mol. The van der Waals surface area contributed by atoms with E-state index in [0.717, 1.165) is 5.69 Å². The van der Waals surface area contributed by atoms with Gasteiger partial charge in [-0.3, -0.25) is 4.98 Å². The summed E-state index contributed by atoms with van der Waals surface area (Å²) in [7, 11) is 0. The molecular weight excluding hydrogens is 266 g/mol. The average Bonchev–Trinajstić information content (AvgIpc) is 2.89. The molecule has 19 heavy (non-hydrogen) atoms. The van der Waals surface area contributed by atoms with Crippen LogP contribution in [0.3, 0.4) is 0 Å². The van der Waals surface area contributed by atoms with Crippen LogP contribution < -0.4 is 10.6 Å². The molecule has 0 fully saturated rings. The van der Waals surface area contributed by atoms with E-state index in [1.807, 2.05) is 10.8 Å². The highest BCUT2D eigenvalue weighted by atomic mass is 32.1. The number of thiophene rings is 1. The number of anilines is 1. The quantitative estimate of drug-likeness (QED) is 0.798. The highest BCUT2D eigenvalue weighted by Gasteiger charge is 2.06. The standard InChI is InChI=1S/C12H11N3O3S/c16-11(17)8-1-3-13-10(5-8)6-14-12(18)15-9-2-4-19-7-9/h1-5,7H,6H2,(H,16,17)(H2,14,15,18). The van der Waals surface area contributed by atoms with Gasteiger partial charge in [0.05, 0.1) is 23.5 Å². The van der Waals surface area contributed by atoms with Gasteiger partial charge in [0.25, 0.3) is 0 Å². The Hall–Kier alpha value is -2.41. The molecular formula is C12H11N3O3S. The molecule has 0 aromatic carbocycles. The third-order valence-electron chi connectivity index (χ3n) is 2.27. The van der Waals surface area contributed by atoms with E-state index < -0.39 is 5.97 Å². The first-order chi connectivity index (χ1) is 9.15. The predicted octanol–water partition coefficient (Wildman–Crippen LogP) is 2.16. The molecule has 7 heteroatoms. The van der Waals surface area contributed by atoms with Gasteiger partial charge in [0.2, 0.25) is 0 Å². The van der Waals surface area contributed by atoms with E-state index in [0.29, 0.717) is 5.69 Å². The fraction of sp³-hybridized carbons (Fsp3) is 0.0833. The number of carbonyl (C=O) groups excluding carboxylic acids is 1. The second-order valence-corrected chi connectivity index (χ2v) is 4.44. The molecule has 0 spiro atoms. The molecule has 0 saturated heterocycles. The molecule has 2 rings (SSSR count). The molecule has 0 radical (unpaired) electrons. The monoisotopic (exact) mass is 277 g/mol. The van der Waals surface area contributed by atoms with Crippen LogP contribution in [-0.2, 0) is 6.54 Å². The van der Waals surface area contributed by atoms with Crippen molar-refractivity contribution in [2.45, 2.75) is 6.54 Å². The Balaban J connectivity index is 1.89. The van der Waals surface area contributed by atoms with Gasteiger partial charge in [-0.05, 0) is 23.6 Å². The van der Waals surface area contributed by atoms with Crippen LogP contribution in [0.15, 0.2) is 35.2 Å². The first-order valence-corrected chi connectivity index (χ1v) is 6.35. The second-order valence-electron chi connectivity index (χ2n) is 3.66. The number of amides is 2. The summed E-state index contributed by atoms with van der Waals surface area (Å²) in [6.07, 6.45) is 1.40. The summed E-state index contributed by atoms with van der Waals surface area (Å²) in [5, 5.41) is 17.7. The minimum absolute atomic E-state index is 0.144. The molecule has 2 aromatic rings. The van der Waals surface area contributed by atoms with Gasteiger partial charge in [-0.25, -0.2) is 9.59 Å². The van der Waals surface area contributed by atoms with Gasteiger partial charge in [0.15, 0.2) is 0 Å². The van der Waals surface area contributed by atoms with Crippen molar-refractivity contribution >= 4 is 29.0 Å². The van der Waals surface area contributed by atoms with Crippen molar-refractivity contribution in [3.05, 3.63) is 46.4 Å². The second kappa shape index (κ2) is 5.96. The number of carboxylic acids is 1. The molecule has 0 bridgehead atoms. The number of carbonyl (C=O) groups is 2. The number of urea groups is 1. The van der Waals surface area contributed by atoms with Crippen LogP contribution in [0, 0.1) is 0 Å². The zero-order chi connectivity index (χ0) is 13.7. The first-order valence-electron chi connectivity index (χ1n) is 5.40. The fourth-order valence-electron chi connectivity index (χ4n) is 1.39. The molecule has 2 heterocycles. The van der Waals surface area contributed by atoms with E-state index in [1.165, 1.54) is 29.7 Å². The number of hydrogen-bond acceptors (Lipinski definition) is 4. The summed E-state index contributed by atoms with van der Waals surface area (Å²) in [6, 6.07) is 4.25. The van der Waals surface area contributed by atoms with Gasteiger partial charge in [0.1, 0.15) is 0 Å². The van der Waals surface area contributed by atoms with E-state index in [-0.39, 0.29) is 18.1 Å². The van der Waals surface area contributed by atoms with Crippen LogP contribution in [0.1, 0.15) is 16.1 Å². The average molecular weight is 277 g/mol. The van der Waals surface area contributed by atoms with Crippen molar-refractivity contribution in [3.63, 3.8) is 0 Å². The van der Waals surface area contributed by atoms with Gasteiger partial charge in [-0.1, -0.05) is 0 Å². The molecule has 0 aliphatic rings. The third-order valence-corrected chi connectivity index (χ3v) is 2.96. The van der Waals surface area contributed by atoms with Crippen molar-refractivity contribution in [1.29, 1.82) is 0 Å². The lowest BCUT2D eigenvalue weighted by atomic mass is 10.2. The van der Waals surface area contributed by atoms with Crippen LogP contribution in [0.4, 0.5) is 10.5 Å². The van der Waals surface area contributed by atoms with Gasteiger partial charge >= 0.3 is 12.0 Å². The molecule has 2 aromatic heterocycles. The number of aromatic nitrogens is 1. The minimum atomic E-state index is -1.02. The van der Waals surface area contributed by atoms with Crippen LogP contribution in [0.25, 0.3) is 0 Å². The Morgan fingerprint density at radius 2 is 2.21 bits per heavy atom. The lowest BCUT2D eigenvalue weighted by molar-refractivity contribution is 0.0696. The molecule has 2 amide bonds. The topological polar surface area (TPSA) is 91.3 Å². The molecule has 0 unspecified atom stereocenters. The first kappa shape index (κ1) is 13.0. The largest absolute Gasteiger partial charge is 0.478 e. The van der Waals surface area contributed by atoms with Gasteiger partial charge in [-0.2, -0.15) is 11.3 Å². The zero-order valence-electron chi connectivity index (χ0n) is 9.79. The smallest absolute Gasteiger partial charge is 0.335 e. The van der Waals surface area contributed by atoms with Gasteiger partial charge in [-0.15, -0.1) is 0 Å². The number of rotatable bonds is 4. The van der Waals surface area contributed by atoms with E-state index in [4.69, 9.17) is 5.11 Å². The Morgan fingerprint density at radius 3 is 2.89 bits per heavy atom. The van der Waals surface area contributed by atoms with Crippen LogP contribution in [-0.4, -0.2) is 22.1 Å². The summed E-state index contributed by atoms with van der Waals surface area (Å²) < 4.78 is 0. The maximum atomic E-state index is 11.5. The number of nitrogens with zero attached hydrogens (tertiary/aromatic N) is 1. The maximum absolute atomic E-state index is 11.5. The molecule has 6 nitrogen and oxygen atoms in total. The molecule has 3 N–H and O–H groups in total. The Kier molecular flexibility index (Phi) is 4.09. The van der Waals surface area contributed by atoms with Gasteiger partial charge in [0, 0.05) is 11.6 Å². The number of pyridine rings is 1. The zero-order valence-corrected chi connectivity index (χ0v) is 10.6. The van der Waals surface area contributed by atoms with Crippen molar-refractivity contribution in [3.8, 4) is 0 Å². The van der Waals surface area contributed by atoms with E-state index in [2.05, 4.69) is 15.6 Å². The molecule has 0 aliphatic heterocycles. The summed E-state index contributed by atoms with van der Waals surface area (Å²) in [5.41, 5.74) is 1.35. The van der Waals surface area contributed by atoms with Crippen LogP contribution >= 0.6 is 11.3 Å². The Labute approximate surface area is 113 Å². The van der Waals surface area contributed by atoms with Crippen molar-refractivity contribution in [2.24, 2.45) is 0 Å². The summed E-state index contributed by atoms with van der Waals surface area (Å²) in [6.45, 7) is 0.164. The highest BCUT2D eigenvalue weighted by molar-refractivity contribution is 7.08. The minimum Gasteiger partial charge on any atom is -0.478 e. The molecule has 98 valence electrons. The Bertz CT molecular complexity index is 584. The third kappa shape index (κ3) is 3.78. The lowest BCUT2D eigenvalue weighted by Crippen LogP contribution is -2.28. The van der Waals surface area contributed by atoms with Crippen LogP contribution in [0.2, 0.25) is 0 Å². The van der Waals surface area contributed by atoms with E-state index in [9.17, 15) is 9.59 Å². The SMILES string of the molecule is O=C(NCc1cc(C(=O)O)ccn1)Nc1ccsc1. The number of carboxylic acid groups (broad SMARTS) is 1. The number of nitrogens with one attached hydrogen (secondary N) is 2. The highest BCUT2D eigenvalue weighted by Crippen LogP contribution is 2.11. The molecule has 0 saturated carbocycles. The normalized spacial score (nSPS) is 9.89. The molecule has 0 atom stereocenters. The van der Waals surface area contributed by atoms with Gasteiger partial charge < -0.3 is 15.7 Å². The maximum Gasteiger partial charge on any atom is 0.335 e. The van der Waals surface area contributed by atoms with E-state index >= 15 is 0 Å². The fourth-order valence-corrected chi connectivity index (χ4v) is 1.98. The lowest BCUT2D eigenvalue weighted by Gasteiger charge is -2.06.